The van der Waals surface area contributed by atoms with Gasteiger partial charge in [0.15, 0.2) is 0 Å². The summed E-state index contributed by atoms with van der Waals surface area (Å²) in [6.45, 7) is 6.77. The molecule has 0 unspecified atom stereocenters. The summed E-state index contributed by atoms with van der Waals surface area (Å²) in [6, 6.07) is 0. The summed E-state index contributed by atoms with van der Waals surface area (Å²) < 4.78 is 10.9. The summed E-state index contributed by atoms with van der Waals surface area (Å²) in [5.74, 6) is 0.933. The van der Waals surface area contributed by atoms with Gasteiger partial charge >= 0.3 is 0 Å². The lowest BCUT2D eigenvalue weighted by atomic mass is 10.4. The van der Waals surface area contributed by atoms with Crippen molar-refractivity contribution in [1.29, 1.82) is 0 Å². The number of rotatable bonds is 10. The van der Waals surface area contributed by atoms with Crippen molar-refractivity contribution >= 4 is 17.5 Å². The first-order valence-corrected chi connectivity index (χ1v) is 7.12. The van der Waals surface area contributed by atoms with Crippen molar-refractivity contribution in [1.82, 2.24) is 9.97 Å². The molecule has 0 bridgehead atoms. The van der Waals surface area contributed by atoms with Gasteiger partial charge in [0.25, 0.3) is 0 Å². The minimum Gasteiger partial charge on any atom is -0.474 e. The lowest BCUT2D eigenvalue weighted by Gasteiger charge is -2.09. The van der Waals surface area contributed by atoms with Crippen LogP contribution in [-0.4, -0.2) is 36.3 Å². The normalized spacial score (nSPS) is 10.5. The Morgan fingerprint density at radius 2 is 2.05 bits per heavy atom. The number of nitrogens with one attached hydrogen (secondary N) is 1. The van der Waals surface area contributed by atoms with E-state index in [1.165, 1.54) is 0 Å². The summed E-state index contributed by atoms with van der Waals surface area (Å²) in [5.41, 5.74) is 0. The number of aromatic nitrogens is 2. The number of hydrogen-bond acceptors (Lipinski definition) is 5. The number of nitrogens with zero attached hydrogens (tertiary/aromatic N) is 2. The summed E-state index contributed by atoms with van der Waals surface area (Å²) in [4.78, 5) is 8.29. The predicted octanol–water partition coefficient (Wildman–Crippen LogP) is 3.15. The molecular weight excluding hydrogens is 266 g/mol. The molecule has 0 aliphatic rings. The third-order valence-corrected chi connectivity index (χ3v) is 2.61. The van der Waals surface area contributed by atoms with Crippen LogP contribution in [0.5, 0.6) is 5.88 Å². The van der Waals surface area contributed by atoms with Crippen LogP contribution in [-0.2, 0) is 4.74 Å². The smallest absolute Gasteiger partial charge is 0.237 e. The number of ether oxygens (including phenoxy) is 2. The van der Waals surface area contributed by atoms with Crippen molar-refractivity contribution in [2.24, 2.45) is 0 Å². The molecule has 0 saturated heterocycles. The Hall–Kier alpha value is -1.07. The Balaban J connectivity index is 2.34. The molecule has 1 aromatic rings. The molecule has 0 radical (unpaired) electrons. The molecule has 0 spiro atoms. The second kappa shape index (κ2) is 9.81. The molecule has 6 heteroatoms. The van der Waals surface area contributed by atoms with Gasteiger partial charge in [-0.15, -0.1) is 0 Å². The van der Waals surface area contributed by atoms with E-state index in [9.17, 15) is 0 Å². The molecule has 0 atom stereocenters. The Morgan fingerprint density at radius 1 is 1.21 bits per heavy atom. The number of hydrogen-bond donors (Lipinski definition) is 1. The quantitative estimate of drug-likeness (QED) is 0.670. The molecule has 0 aromatic carbocycles. The third-order valence-electron chi connectivity index (χ3n) is 2.35. The molecule has 5 nitrogen and oxygen atoms in total. The molecule has 1 heterocycles. The molecule has 1 N–H and O–H groups in total. The maximum Gasteiger partial charge on any atom is 0.237 e. The first-order chi connectivity index (χ1) is 9.27. The Kier molecular flexibility index (Phi) is 8.25. The van der Waals surface area contributed by atoms with Crippen molar-refractivity contribution in [3.05, 3.63) is 11.2 Å². The van der Waals surface area contributed by atoms with Gasteiger partial charge in [-0.1, -0.05) is 31.9 Å². The van der Waals surface area contributed by atoms with Gasteiger partial charge in [-0.2, -0.15) is 4.98 Å². The average Bonchev–Trinajstić information content (AvgIpc) is 2.43. The van der Waals surface area contributed by atoms with Gasteiger partial charge in [-0.3, -0.25) is 0 Å². The second-order valence-corrected chi connectivity index (χ2v) is 4.50. The molecular formula is C13H22ClN3O2. The minimum atomic E-state index is 0.398. The number of unbranched alkanes of at least 4 members (excludes halogenated alkanes) is 1. The Morgan fingerprint density at radius 3 is 2.79 bits per heavy atom. The molecule has 0 fully saturated rings. The fraction of sp³-hybridized carbons (Fsp3) is 0.692. The van der Waals surface area contributed by atoms with Gasteiger partial charge in [-0.05, 0) is 12.8 Å². The molecule has 108 valence electrons. The van der Waals surface area contributed by atoms with E-state index in [4.69, 9.17) is 21.1 Å². The van der Waals surface area contributed by atoms with Crippen LogP contribution in [0.4, 0.5) is 5.95 Å². The molecule has 0 aliphatic heterocycles. The molecule has 0 saturated carbocycles. The molecule has 0 amide bonds. The monoisotopic (exact) mass is 287 g/mol. The summed E-state index contributed by atoms with van der Waals surface area (Å²) in [7, 11) is 0. The van der Waals surface area contributed by atoms with Gasteiger partial charge in [0.2, 0.25) is 11.8 Å². The highest BCUT2D eigenvalue weighted by atomic mass is 35.5. The van der Waals surface area contributed by atoms with Crippen LogP contribution in [0, 0.1) is 0 Å². The first kappa shape index (κ1) is 16.0. The van der Waals surface area contributed by atoms with E-state index >= 15 is 0 Å². The fourth-order valence-electron chi connectivity index (χ4n) is 1.32. The van der Waals surface area contributed by atoms with Crippen LogP contribution < -0.4 is 10.1 Å². The van der Waals surface area contributed by atoms with Crippen LogP contribution in [0.3, 0.4) is 0 Å². The topological polar surface area (TPSA) is 56.3 Å². The summed E-state index contributed by atoms with van der Waals surface area (Å²) in [6.07, 6.45) is 4.75. The van der Waals surface area contributed by atoms with Crippen LogP contribution in [0.15, 0.2) is 6.20 Å². The van der Waals surface area contributed by atoms with Crippen LogP contribution >= 0.6 is 11.6 Å². The minimum absolute atomic E-state index is 0.398. The van der Waals surface area contributed by atoms with Gasteiger partial charge in [-0.25, -0.2) is 4.98 Å². The molecule has 1 rings (SSSR count). The van der Waals surface area contributed by atoms with Crippen LogP contribution in [0.1, 0.15) is 33.1 Å². The van der Waals surface area contributed by atoms with Gasteiger partial charge in [0.1, 0.15) is 11.6 Å². The van der Waals surface area contributed by atoms with E-state index in [0.29, 0.717) is 30.1 Å². The lowest BCUT2D eigenvalue weighted by molar-refractivity contribution is 0.0965. The molecule has 1 aromatic heterocycles. The van der Waals surface area contributed by atoms with Gasteiger partial charge in [0, 0.05) is 13.2 Å². The highest BCUT2D eigenvalue weighted by Gasteiger charge is 2.06. The maximum atomic E-state index is 5.97. The zero-order valence-corrected chi connectivity index (χ0v) is 12.4. The zero-order chi connectivity index (χ0) is 13.9. The fourth-order valence-corrected chi connectivity index (χ4v) is 1.47. The summed E-state index contributed by atoms with van der Waals surface area (Å²) in [5, 5.41) is 3.50. The van der Waals surface area contributed by atoms with E-state index in [2.05, 4.69) is 29.1 Å². The second-order valence-electron chi connectivity index (χ2n) is 4.09. The highest BCUT2D eigenvalue weighted by molar-refractivity contribution is 6.31. The average molecular weight is 288 g/mol. The van der Waals surface area contributed by atoms with E-state index < -0.39 is 0 Å². The SMILES string of the molecule is CCCCOCCOc1nc(NCCC)ncc1Cl. The Labute approximate surface area is 119 Å². The first-order valence-electron chi connectivity index (χ1n) is 6.74. The van der Waals surface area contributed by atoms with Crippen LogP contribution in [0.2, 0.25) is 5.02 Å². The maximum absolute atomic E-state index is 5.97. The van der Waals surface area contributed by atoms with Crippen molar-refractivity contribution in [3.63, 3.8) is 0 Å². The number of anilines is 1. The predicted molar refractivity (Wildman–Crippen MR) is 77.0 cm³/mol. The van der Waals surface area contributed by atoms with Crippen molar-refractivity contribution in [2.75, 3.05) is 31.7 Å². The third kappa shape index (κ3) is 6.59. The zero-order valence-electron chi connectivity index (χ0n) is 11.6. The van der Waals surface area contributed by atoms with Crippen LogP contribution in [0.25, 0.3) is 0 Å². The highest BCUT2D eigenvalue weighted by Crippen LogP contribution is 2.21. The lowest BCUT2D eigenvalue weighted by Crippen LogP contribution is -2.10. The summed E-state index contributed by atoms with van der Waals surface area (Å²) >= 11 is 5.97. The van der Waals surface area contributed by atoms with E-state index in [1.54, 1.807) is 6.20 Å². The van der Waals surface area contributed by atoms with E-state index in [1.807, 2.05) is 0 Å². The van der Waals surface area contributed by atoms with E-state index in [-0.39, 0.29) is 0 Å². The van der Waals surface area contributed by atoms with Gasteiger partial charge in [0.05, 0.1) is 12.8 Å². The molecule has 0 aliphatic carbocycles. The largest absolute Gasteiger partial charge is 0.474 e. The van der Waals surface area contributed by atoms with Crippen molar-refractivity contribution < 1.29 is 9.47 Å². The van der Waals surface area contributed by atoms with E-state index in [0.717, 1.165) is 32.4 Å². The molecule has 19 heavy (non-hydrogen) atoms. The Bertz CT molecular complexity index is 364. The standard InChI is InChI=1S/C13H22ClN3O2/c1-3-5-7-18-8-9-19-12-11(14)10-16-13(17-12)15-6-4-2/h10H,3-9H2,1-2H3,(H,15,16,17). The number of halogens is 1. The van der Waals surface area contributed by atoms with Crippen molar-refractivity contribution in [3.8, 4) is 5.88 Å². The van der Waals surface area contributed by atoms with Crippen molar-refractivity contribution in [2.45, 2.75) is 33.1 Å². The van der Waals surface area contributed by atoms with Gasteiger partial charge < -0.3 is 14.8 Å².